The van der Waals surface area contributed by atoms with Gasteiger partial charge in [0.15, 0.2) is 0 Å². The monoisotopic (exact) mass is 288 g/mol. The highest BCUT2D eigenvalue weighted by molar-refractivity contribution is 5.77. The van der Waals surface area contributed by atoms with E-state index in [9.17, 15) is 9.59 Å². The summed E-state index contributed by atoms with van der Waals surface area (Å²) in [6.07, 6.45) is 4.70. The van der Waals surface area contributed by atoms with Crippen LogP contribution in [0.1, 0.15) is 49.4 Å². The van der Waals surface area contributed by atoms with Crippen molar-refractivity contribution >= 4 is 18.3 Å². The zero-order valence-corrected chi connectivity index (χ0v) is 13.5. The van der Waals surface area contributed by atoms with Crippen LogP contribution in [0.2, 0.25) is 0 Å². The van der Waals surface area contributed by atoms with E-state index >= 15 is 0 Å². The van der Waals surface area contributed by atoms with Gasteiger partial charge in [0, 0.05) is 0 Å². The van der Waals surface area contributed by atoms with Crippen molar-refractivity contribution in [2.75, 3.05) is 0 Å². The van der Waals surface area contributed by atoms with Crippen molar-refractivity contribution in [3.05, 3.63) is 40.5 Å². The molecule has 0 radical (unpaired) electrons. The molecule has 0 spiro atoms. The first-order chi connectivity index (χ1) is 9.81. The molecule has 0 fully saturated rings. The van der Waals surface area contributed by atoms with Crippen molar-refractivity contribution in [2.45, 2.75) is 47.6 Å². The van der Waals surface area contributed by atoms with Gasteiger partial charge in [-0.2, -0.15) is 0 Å². The Balaban J connectivity index is 3.00. The van der Waals surface area contributed by atoms with Crippen molar-refractivity contribution in [2.24, 2.45) is 5.41 Å². The van der Waals surface area contributed by atoms with Crippen LogP contribution in [0, 0.1) is 19.3 Å². The summed E-state index contributed by atoms with van der Waals surface area (Å²) in [5.41, 5.74) is 3.56. The summed E-state index contributed by atoms with van der Waals surface area (Å²) in [5.74, 6) is -0.200. The minimum atomic E-state index is -0.475. The van der Waals surface area contributed by atoms with E-state index in [-0.39, 0.29) is 12.6 Å². The first-order valence-electron chi connectivity index (χ1n) is 7.21. The van der Waals surface area contributed by atoms with Crippen LogP contribution in [0.5, 0.6) is 0 Å². The topological polar surface area (TPSA) is 43.4 Å². The summed E-state index contributed by atoms with van der Waals surface area (Å²) in [4.78, 5) is 22.6. The van der Waals surface area contributed by atoms with Gasteiger partial charge in [0.2, 0.25) is 0 Å². The molecule has 114 valence electrons. The predicted octanol–water partition coefficient (Wildman–Crippen LogP) is 3.99. The van der Waals surface area contributed by atoms with Gasteiger partial charge in [-0.25, -0.2) is 0 Å². The van der Waals surface area contributed by atoms with Gasteiger partial charge in [-0.1, -0.05) is 30.7 Å². The van der Waals surface area contributed by atoms with E-state index in [2.05, 4.69) is 0 Å². The smallest absolute Gasteiger partial charge is 0.311 e. The summed E-state index contributed by atoms with van der Waals surface area (Å²) >= 11 is 0. The number of ether oxygens (including phenoxy) is 1. The van der Waals surface area contributed by atoms with E-state index in [0.29, 0.717) is 0 Å². The van der Waals surface area contributed by atoms with E-state index in [1.54, 1.807) is 6.08 Å². The number of aldehydes is 1. The molecular formula is C18H24O3. The number of benzene rings is 1. The van der Waals surface area contributed by atoms with Crippen molar-refractivity contribution in [3.63, 3.8) is 0 Å². The largest absolute Gasteiger partial charge is 0.460 e. The van der Waals surface area contributed by atoms with E-state index in [1.807, 2.05) is 46.8 Å². The molecule has 0 atom stereocenters. The predicted molar refractivity (Wildman–Crippen MR) is 84.9 cm³/mol. The minimum absolute atomic E-state index is 0.200. The Hall–Kier alpha value is -1.90. The molecule has 0 aliphatic heterocycles. The first-order valence-corrected chi connectivity index (χ1v) is 7.21. The normalized spacial score (nSPS) is 11.7. The summed E-state index contributed by atoms with van der Waals surface area (Å²) < 4.78 is 5.45. The van der Waals surface area contributed by atoms with Crippen molar-refractivity contribution in [1.29, 1.82) is 0 Å². The number of allylic oxidation sites excluding steroid dienone is 1. The van der Waals surface area contributed by atoms with Crippen molar-refractivity contribution < 1.29 is 14.3 Å². The lowest BCUT2D eigenvalue weighted by molar-refractivity contribution is -0.155. The lowest BCUT2D eigenvalue weighted by Gasteiger charge is -2.21. The third-order valence-corrected chi connectivity index (χ3v) is 3.75. The standard InChI is InChI=1S/C18H24O3/c1-6-18(4,5)17(20)21-12-15-11-13(2)10-14(3)16(15)8-7-9-19/h7-11H,6,12H2,1-5H3/b8-7+. The Kier molecular flexibility index (Phi) is 5.89. The number of hydrogen-bond donors (Lipinski definition) is 0. The molecule has 0 aromatic heterocycles. The molecule has 0 saturated heterocycles. The highest BCUT2D eigenvalue weighted by Gasteiger charge is 2.27. The van der Waals surface area contributed by atoms with Crippen LogP contribution in [-0.2, 0) is 20.9 Å². The minimum Gasteiger partial charge on any atom is -0.460 e. The molecule has 0 unspecified atom stereocenters. The van der Waals surface area contributed by atoms with Gasteiger partial charge in [0.1, 0.15) is 12.9 Å². The molecule has 0 N–H and O–H groups in total. The lowest BCUT2D eigenvalue weighted by atomic mass is 9.90. The highest BCUT2D eigenvalue weighted by atomic mass is 16.5. The first kappa shape index (κ1) is 17.2. The second-order valence-electron chi connectivity index (χ2n) is 5.96. The highest BCUT2D eigenvalue weighted by Crippen LogP contribution is 2.24. The third kappa shape index (κ3) is 4.55. The van der Waals surface area contributed by atoms with E-state index in [0.717, 1.165) is 35.0 Å². The average Bonchev–Trinajstić information content (AvgIpc) is 2.43. The fourth-order valence-electron chi connectivity index (χ4n) is 2.04. The summed E-state index contributed by atoms with van der Waals surface area (Å²) in [7, 11) is 0. The second-order valence-corrected chi connectivity index (χ2v) is 5.96. The van der Waals surface area contributed by atoms with Gasteiger partial charge in [-0.05, 0) is 56.9 Å². The molecule has 1 aromatic rings. The molecular weight excluding hydrogens is 264 g/mol. The molecule has 1 rings (SSSR count). The molecule has 1 aromatic carbocycles. The number of aryl methyl sites for hydroxylation is 2. The lowest BCUT2D eigenvalue weighted by Crippen LogP contribution is -2.25. The van der Waals surface area contributed by atoms with E-state index in [1.165, 1.54) is 6.08 Å². The second kappa shape index (κ2) is 7.21. The zero-order valence-electron chi connectivity index (χ0n) is 13.5. The van der Waals surface area contributed by atoms with Crippen LogP contribution < -0.4 is 0 Å². The maximum absolute atomic E-state index is 12.1. The average molecular weight is 288 g/mol. The summed E-state index contributed by atoms with van der Waals surface area (Å²) in [5, 5.41) is 0. The molecule has 3 heteroatoms. The number of esters is 1. The maximum Gasteiger partial charge on any atom is 0.311 e. The van der Waals surface area contributed by atoms with Gasteiger partial charge in [0.05, 0.1) is 5.41 Å². The number of rotatable bonds is 6. The quantitative estimate of drug-likeness (QED) is 0.451. The molecule has 0 amide bonds. The SMILES string of the molecule is CCC(C)(C)C(=O)OCc1cc(C)cc(C)c1/C=C/C=O. The fourth-order valence-corrected chi connectivity index (χ4v) is 2.04. The van der Waals surface area contributed by atoms with Crippen LogP contribution in [0.3, 0.4) is 0 Å². The molecule has 21 heavy (non-hydrogen) atoms. The molecule has 0 bridgehead atoms. The van der Waals surface area contributed by atoms with Crippen LogP contribution in [0.25, 0.3) is 6.08 Å². The van der Waals surface area contributed by atoms with E-state index < -0.39 is 5.41 Å². The Morgan fingerprint density at radius 1 is 1.29 bits per heavy atom. The molecule has 0 saturated carbocycles. The van der Waals surface area contributed by atoms with Gasteiger partial charge < -0.3 is 4.74 Å². The zero-order chi connectivity index (χ0) is 16.0. The van der Waals surface area contributed by atoms with Crippen LogP contribution in [0.4, 0.5) is 0 Å². The van der Waals surface area contributed by atoms with Gasteiger partial charge in [-0.15, -0.1) is 0 Å². The number of carbonyl (C=O) groups is 2. The Labute approximate surface area is 127 Å². The van der Waals surface area contributed by atoms with Gasteiger partial charge in [0.25, 0.3) is 0 Å². The third-order valence-electron chi connectivity index (χ3n) is 3.75. The Morgan fingerprint density at radius 2 is 1.95 bits per heavy atom. The number of carbonyl (C=O) groups excluding carboxylic acids is 2. The molecule has 3 nitrogen and oxygen atoms in total. The van der Waals surface area contributed by atoms with Crippen LogP contribution in [0.15, 0.2) is 18.2 Å². The van der Waals surface area contributed by atoms with Crippen molar-refractivity contribution in [1.82, 2.24) is 0 Å². The molecule has 0 aliphatic carbocycles. The van der Waals surface area contributed by atoms with Crippen LogP contribution >= 0.6 is 0 Å². The maximum atomic E-state index is 12.1. The fraction of sp³-hybridized carbons (Fsp3) is 0.444. The Bertz CT molecular complexity index is 554. The van der Waals surface area contributed by atoms with Crippen LogP contribution in [-0.4, -0.2) is 12.3 Å². The molecule has 0 aliphatic rings. The van der Waals surface area contributed by atoms with Gasteiger partial charge >= 0.3 is 5.97 Å². The number of hydrogen-bond acceptors (Lipinski definition) is 3. The van der Waals surface area contributed by atoms with E-state index in [4.69, 9.17) is 4.74 Å². The van der Waals surface area contributed by atoms with Crippen molar-refractivity contribution in [3.8, 4) is 0 Å². The summed E-state index contributed by atoms with van der Waals surface area (Å²) in [6, 6.07) is 4.04. The molecule has 0 heterocycles. The Morgan fingerprint density at radius 3 is 2.52 bits per heavy atom. The van der Waals surface area contributed by atoms with Gasteiger partial charge in [-0.3, -0.25) is 9.59 Å². The summed E-state index contributed by atoms with van der Waals surface area (Å²) in [6.45, 7) is 9.94.